The maximum Gasteiger partial charge on any atom is 0.423 e. The van der Waals surface area contributed by atoms with Gasteiger partial charge in [0.1, 0.15) is 11.5 Å². The van der Waals surface area contributed by atoms with Crippen molar-refractivity contribution < 1.29 is 22.7 Å². The number of nitrogens with zero attached hydrogens (tertiary/aromatic N) is 4. The number of rotatable bonds is 6. The van der Waals surface area contributed by atoms with Gasteiger partial charge in [-0.3, -0.25) is 0 Å². The van der Waals surface area contributed by atoms with E-state index in [-0.39, 0.29) is 12.4 Å². The number of hydrogen-bond acceptors (Lipinski definition) is 4. The van der Waals surface area contributed by atoms with Crippen LogP contribution in [0.25, 0.3) is 33.3 Å². The third kappa shape index (κ3) is 4.70. The van der Waals surface area contributed by atoms with Crippen molar-refractivity contribution in [1.29, 1.82) is 0 Å². The predicted molar refractivity (Wildman–Crippen MR) is 132 cm³/mol. The van der Waals surface area contributed by atoms with E-state index in [1.807, 2.05) is 54.6 Å². The van der Waals surface area contributed by atoms with Crippen LogP contribution in [0, 0.1) is 5.82 Å². The van der Waals surface area contributed by atoms with Crippen LogP contribution in [0.5, 0.6) is 0 Å². The van der Waals surface area contributed by atoms with Crippen LogP contribution in [0.4, 0.5) is 17.6 Å². The van der Waals surface area contributed by atoms with Gasteiger partial charge in [-0.2, -0.15) is 13.2 Å². The zero-order valence-corrected chi connectivity index (χ0v) is 19.7. The van der Waals surface area contributed by atoms with Crippen molar-refractivity contribution >= 4 is 10.9 Å². The van der Waals surface area contributed by atoms with Crippen LogP contribution < -0.4 is 0 Å². The van der Waals surface area contributed by atoms with Crippen molar-refractivity contribution in [3.8, 4) is 22.4 Å². The first-order chi connectivity index (χ1) is 17.7. The average Bonchev–Trinajstić information content (AvgIpc) is 3.36. The van der Waals surface area contributed by atoms with Crippen molar-refractivity contribution in [3.05, 3.63) is 102 Å². The molecule has 0 aliphatic rings. The number of fused-ring (bicyclic) bond motifs is 1. The predicted octanol–water partition coefficient (Wildman–Crippen LogP) is 6.51. The first-order valence-corrected chi connectivity index (χ1v) is 11.6. The summed E-state index contributed by atoms with van der Waals surface area (Å²) in [6, 6.07) is 23.3. The summed E-state index contributed by atoms with van der Waals surface area (Å²) < 4.78 is 55.1. The summed E-state index contributed by atoms with van der Waals surface area (Å²) in [7, 11) is 0. The van der Waals surface area contributed by atoms with Crippen molar-refractivity contribution in [1.82, 2.24) is 20.0 Å². The Bertz CT molecular complexity index is 1550. The third-order valence-electron chi connectivity index (χ3n) is 6.39. The van der Waals surface area contributed by atoms with Gasteiger partial charge in [0.25, 0.3) is 0 Å². The minimum atomic E-state index is -4.87. The normalized spacial score (nSPS) is 13.6. The van der Waals surface area contributed by atoms with E-state index >= 15 is 0 Å². The lowest BCUT2D eigenvalue weighted by molar-refractivity contribution is -0.269. The molecule has 0 spiro atoms. The zero-order valence-electron chi connectivity index (χ0n) is 19.7. The highest BCUT2D eigenvalue weighted by atomic mass is 19.4. The van der Waals surface area contributed by atoms with E-state index in [0.717, 1.165) is 39.5 Å². The molecule has 2 heterocycles. The van der Waals surface area contributed by atoms with E-state index in [1.165, 1.54) is 23.7 Å². The van der Waals surface area contributed by atoms with Gasteiger partial charge in [0.2, 0.25) is 5.60 Å². The molecule has 188 valence electrons. The Morgan fingerprint density at radius 3 is 2.30 bits per heavy atom. The Morgan fingerprint density at radius 1 is 0.892 bits per heavy atom. The van der Waals surface area contributed by atoms with Crippen molar-refractivity contribution in [2.45, 2.75) is 31.7 Å². The Labute approximate surface area is 210 Å². The van der Waals surface area contributed by atoms with Gasteiger partial charge in [0.05, 0.1) is 24.0 Å². The van der Waals surface area contributed by atoms with E-state index in [2.05, 4.69) is 10.3 Å². The first-order valence-electron chi connectivity index (χ1n) is 11.6. The Balaban J connectivity index is 1.56. The van der Waals surface area contributed by atoms with E-state index in [1.54, 1.807) is 12.1 Å². The lowest BCUT2D eigenvalue weighted by Gasteiger charge is -2.26. The molecule has 2 aromatic heterocycles. The molecule has 0 amide bonds. The molecule has 5 aromatic rings. The molecule has 37 heavy (non-hydrogen) atoms. The first kappa shape index (κ1) is 24.6. The summed E-state index contributed by atoms with van der Waals surface area (Å²) in [6.45, 7) is 1.37. The number of halogens is 4. The fourth-order valence-corrected chi connectivity index (χ4v) is 4.28. The third-order valence-corrected chi connectivity index (χ3v) is 6.39. The maximum atomic E-state index is 13.6. The molecule has 9 heteroatoms. The Morgan fingerprint density at radius 2 is 1.62 bits per heavy atom. The van der Waals surface area contributed by atoms with Crippen LogP contribution in [0.3, 0.4) is 0 Å². The second-order valence-electron chi connectivity index (χ2n) is 8.79. The van der Waals surface area contributed by atoms with E-state index in [9.17, 15) is 22.7 Å². The summed E-state index contributed by atoms with van der Waals surface area (Å²) in [5.74, 6) is -0.333. The number of aromatic nitrogens is 4. The van der Waals surface area contributed by atoms with E-state index < -0.39 is 23.9 Å². The van der Waals surface area contributed by atoms with Crippen LogP contribution >= 0.6 is 0 Å². The van der Waals surface area contributed by atoms with Gasteiger partial charge in [-0.1, -0.05) is 66.7 Å². The molecule has 5 nitrogen and oxygen atoms in total. The highest BCUT2D eigenvalue weighted by Gasteiger charge is 2.55. The summed E-state index contributed by atoms with van der Waals surface area (Å²) >= 11 is 0. The molecule has 5 rings (SSSR count). The highest BCUT2D eigenvalue weighted by molar-refractivity contribution is 5.97. The number of alkyl halides is 3. The maximum absolute atomic E-state index is 13.6. The van der Waals surface area contributed by atoms with Gasteiger partial charge in [-0.05, 0) is 47.4 Å². The number of aliphatic hydroxyl groups is 1. The monoisotopic (exact) mass is 506 g/mol. The van der Waals surface area contributed by atoms with Gasteiger partial charge in [-0.25, -0.2) is 14.1 Å². The standard InChI is InChI=1S/C28H22F4N4O/c1-2-27(37,28(30,31)32)26-17-36(35-34-26)16-18-8-13-22-23(19-9-11-21(29)12-10-19)15-24(33-25(22)14-18)20-6-4-3-5-7-20/h3-15,17,37H,2,16H2,1H3/t27-/m0/s1. The number of hydrogen-bond donors (Lipinski definition) is 1. The van der Waals surface area contributed by atoms with Gasteiger partial charge in [0, 0.05) is 10.9 Å². The largest absolute Gasteiger partial charge is 0.423 e. The Hall–Kier alpha value is -4.11. The van der Waals surface area contributed by atoms with Crippen LogP contribution in [-0.4, -0.2) is 31.3 Å². The number of benzene rings is 3. The van der Waals surface area contributed by atoms with Gasteiger partial charge in [0.15, 0.2) is 0 Å². The smallest absolute Gasteiger partial charge is 0.375 e. The molecular weight excluding hydrogens is 484 g/mol. The lowest BCUT2D eigenvalue weighted by Crippen LogP contribution is -2.42. The summed E-state index contributed by atoms with van der Waals surface area (Å²) in [6.07, 6.45) is -4.34. The molecule has 0 saturated heterocycles. The second-order valence-corrected chi connectivity index (χ2v) is 8.79. The molecule has 0 radical (unpaired) electrons. The molecule has 3 aromatic carbocycles. The van der Waals surface area contributed by atoms with Gasteiger partial charge in [-0.15, -0.1) is 5.10 Å². The molecule has 1 N–H and O–H groups in total. The Kier molecular flexibility index (Phi) is 6.25. The highest BCUT2D eigenvalue weighted by Crippen LogP contribution is 2.40. The average molecular weight is 507 g/mol. The topological polar surface area (TPSA) is 63.8 Å². The van der Waals surface area contributed by atoms with Crippen LogP contribution in [0.15, 0.2) is 85.1 Å². The van der Waals surface area contributed by atoms with Gasteiger partial charge < -0.3 is 5.11 Å². The molecule has 0 aliphatic heterocycles. The molecule has 0 saturated carbocycles. The minimum absolute atomic E-state index is 0.129. The molecular formula is C28H22F4N4O. The van der Waals surface area contributed by atoms with Crippen LogP contribution in [-0.2, 0) is 12.1 Å². The van der Waals surface area contributed by atoms with Crippen LogP contribution in [0.2, 0.25) is 0 Å². The SMILES string of the molecule is CC[C@](O)(c1cn(Cc2ccc3c(-c4ccc(F)cc4)cc(-c4ccccc4)nc3c2)nn1)C(F)(F)F. The zero-order chi connectivity index (χ0) is 26.2. The summed E-state index contributed by atoms with van der Waals surface area (Å²) in [4.78, 5) is 4.83. The van der Waals surface area contributed by atoms with E-state index in [4.69, 9.17) is 4.98 Å². The molecule has 0 bridgehead atoms. The lowest BCUT2D eigenvalue weighted by atomic mass is 9.96. The molecule has 0 fully saturated rings. The van der Waals surface area contributed by atoms with E-state index in [0.29, 0.717) is 5.52 Å². The molecule has 1 atom stereocenters. The van der Waals surface area contributed by atoms with Crippen molar-refractivity contribution in [2.24, 2.45) is 0 Å². The molecule has 0 unspecified atom stereocenters. The van der Waals surface area contributed by atoms with Gasteiger partial charge >= 0.3 is 6.18 Å². The minimum Gasteiger partial charge on any atom is -0.375 e. The molecule has 0 aliphatic carbocycles. The fourth-order valence-electron chi connectivity index (χ4n) is 4.28. The second kappa shape index (κ2) is 9.40. The van der Waals surface area contributed by atoms with Crippen molar-refractivity contribution in [2.75, 3.05) is 0 Å². The van der Waals surface area contributed by atoms with Crippen molar-refractivity contribution in [3.63, 3.8) is 0 Å². The quantitative estimate of drug-likeness (QED) is 0.267. The number of pyridine rings is 1. The summed E-state index contributed by atoms with van der Waals surface area (Å²) in [5, 5.41) is 18.4. The fraction of sp³-hybridized carbons (Fsp3) is 0.179. The summed E-state index contributed by atoms with van der Waals surface area (Å²) in [5.41, 5.74) is 1.12. The van der Waals surface area contributed by atoms with Crippen LogP contribution in [0.1, 0.15) is 24.6 Å².